The molecule has 29 heavy (non-hydrogen) atoms. The highest BCUT2D eigenvalue weighted by Crippen LogP contribution is 2.35. The zero-order valence-electron chi connectivity index (χ0n) is 16.7. The van der Waals surface area contributed by atoms with Gasteiger partial charge in [-0.25, -0.2) is 0 Å². The average molecular weight is 389 g/mol. The molecule has 1 N–H and O–H groups in total. The average Bonchev–Trinajstić information content (AvgIpc) is 3.62. The van der Waals surface area contributed by atoms with Gasteiger partial charge in [-0.1, -0.05) is 66.7 Å². The topological polar surface area (TPSA) is 38.7 Å². The second kappa shape index (κ2) is 9.62. The summed E-state index contributed by atoms with van der Waals surface area (Å²) in [6.45, 7) is 0.999. The molecular weight excluding hydrogens is 360 g/mol. The van der Waals surface area contributed by atoms with E-state index in [0.29, 0.717) is 19.1 Å². The maximum atomic E-state index is 10.2. The zero-order chi connectivity index (χ0) is 19.9. The van der Waals surface area contributed by atoms with Crippen molar-refractivity contribution >= 4 is 0 Å². The molecule has 0 amide bonds. The van der Waals surface area contributed by atoms with E-state index in [-0.39, 0.29) is 6.10 Å². The van der Waals surface area contributed by atoms with Crippen molar-refractivity contribution in [2.75, 3.05) is 0 Å². The highest BCUT2D eigenvalue weighted by atomic mass is 16.5. The van der Waals surface area contributed by atoms with E-state index in [9.17, 15) is 5.11 Å². The molecule has 0 saturated heterocycles. The summed E-state index contributed by atoms with van der Waals surface area (Å²) in [5.41, 5.74) is 3.41. The van der Waals surface area contributed by atoms with Crippen LogP contribution >= 0.6 is 0 Å². The van der Waals surface area contributed by atoms with Crippen molar-refractivity contribution in [3.05, 3.63) is 95.6 Å². The molecule has 0 bridgehead atoms. The molecule has 3 aromatic rings. The van der Waals surface area contributed by atoms with Gasteiger partial charge in [-0.15, -0.1) is 0 Å². The first-order chi connectivity index (χ1) is 14.3. The molecule has 1 fully saturated rings. The van der Waals surface area contributed by atoms with Crippen molar-refractivity contribution in [2.24, 2.45) is 5.92 Å². The van der Waals surface area contributed by atoms with E-state index in [0.717, 1.165) is 35.5 Å². The number of aliphatic hydroxyl groups excluding tert-OH is 1. The Balaban J connectivity index is 1.45. The van der Waals surface area contributed by atoms with E-state index < -0.39 is 0 Å². The number of ether oxygens (including phenoxy) is 2. The number of hydrogen-bond acceptors (Lipinski definition) is 3. The Hall–Kier alpha value is -2.78. The molecule has 0 spiro atoms. The van der Waals surface area contributed by atoms with Gasteiger partial charge >= 0.3 is 0 Å². The van der Waals surface area contributed by atoms with Crippen LogP contribution in [0.3, 0.4) is 0 Å². The molecule has 1 aliphatic carbocycles. The lowest BCUT2D eigenvalue weighted by atomic mass is 10.0. The summed E-state index contributed by atoms with van der Waals surface area (Å²) in [7, 11) is 0. The fraction of sp³-hybridized carbons (Fsp3) is 0.308. The first-order valence-corrected chi connectivity index (χ1v) is 10.4. The van der Waals surface area contributed by atoms with Crippen LogP contribution in [0.25, 0.3) is 0 Å². The molecular formula is C26H28O3. The minimum Gasteiger partial charge on any atom is -0.485 e. The Bertz CT molecular complexity index is 888. The monoisotopic (exact) mass is 388 g/mol. The quantitative estimate of drug-likeness (QED) is 0.495. The number of aliphatic hydroxyl groups is 1. The lowest BCUT2D eigenvalue weighted by Gasteiger charge is -2.15. The molecule has 3 aromatic carbocycles. The van der Waals surface area contributed by atoms with E-state index in [4.69, 9.17) is 9.47 Å². The van der Waals surface area contributed by atoms with Crippen LogP contribution in [0.1, 0.15) is 36.0 Å². The molecule has 3 heteroatoms. The molecule has 1 unspecified atom stereocenters. The van der Waals surface area contributed by atoms with Crippen molar-refractivity contribution in [3.63, 3.8) is 0 Å². The van der Waals surface area contributed by atoms with Gasteiger partial charge in [0.1, 0.15) is 13.2 Å². The third-order valence-electron chi connectivity index (χ3n) is 5.38. The third kappa shape index (κ3) is 5.85. The molecule has 150 valence electrons. The molecule has 0 aliphatic heterocycles. The molecule has 1 atom stereocenters. The van der Waals surface area contributed by atoms with Crippen molar-refractivity contribution in [3.8, 4) is 11.5 Å². The Morgan fingerprint density at radius 2 is 1.31 bits per heavy atom. The fourth-order valence-corrected chi connectivity index (χ4v) is 3.44. The molecule has 4 rings (SSSR count). The Morgan fingerprint density at radius 3 is 1.90 bits per heavy atom. The number of rotatable bonds is 10. The Morgan fingerprint density at radius 1 is 0.724 bits per heavy atom. The van der Waals surface area contributed by atoms with Crippen LogP contribution in [0.5, 0.6) is 11.5 Å². The maximum Gasteiger partial charge on any atom is 0.161 e. The summed E-state index contributed by atoms with van der Waals surface area (Å²) in [6, 6.07) is 26.4. The van der Waals surface area contributed by atoms with Gasteiger partial charge in [0.25, 0.3) is 0 Å². The zero-order valence-corrected chi connectivity index (χ0v) is 16.7. The van der Waals surface area contributed by atoms with Crippen LogP contribution in [-0.4, -0.2) is 11.2 Å². The first-order valence-electron chi connectivity index (χ1n) is 10.4. The number of aryl methyl sites for hydroxylation is 1. The summed E-state index contributed by atoms with van der Waals surface area (Å²) in [4.78, 5) is 0. The van der Waals surface area contributed by atoms with Crippen LogP contribution < -0.4 is 9.47 Å². The van der Waals surface area contributed by atoms with Crippen LogP contribution in [0.4, 0.5) is 0 Å². The Kier molecular flexibility index (Phi) is 6.48. The summed E-state index contributed by atoms with van der Waals surface area (Å²) in [5, 5.41) is 10.2. The van der Waals surface area contributed by atoms with E-state index in [1.807, 2.05) is 42.5 Å². The molecule has 1 aliphatic rings. The lowest BCUT2D eigenvalue weighted by Crippen LogP contribution is -2.10. The second-order valence-electron chi connectivity index (χ2n) is 7.77. The van der Waals surface area contributed by atoms with Gasteiger partial charge in [-0.2, -0.15) is 0 Å². The largest absolute Gasteiger partial charge is 0.485 e. The van der Waals surface area contributed by atoms with Crippen molar-refractivity contribution in [1.29, 1.82) is 0 Å². The molecule has 0 heterocycles. The molecule has 1 saturated carbocycles. The van der Waals surface area contributed by atoms with E-state index >= 15 is 0 Å². The third-order valence-corrected chi connectivity index (χ3v) is 5.38. The van der Waals surface area contributed by atoms with Crippen LogP contribution in [0, 0.1) is 5.92 Å². The molecule has 3 nitrogen and oxygen atoms in total. The van der Waals surface area contributed by atoms with Gasteiger partial charge in [0.2, 0.25) is 0 Å². The van der Waals surface area contributed by atoms with Crippen molar-refractivity contribution in [2.45, 2.75) is 45.0 Å². The summed E-state index contributed by atoms with van der Waals surface area (Å²) < 4.78 is 12.2. The SMILES string of the molecule is OC(CCc1ccc(OCc2ccccc2)c(OCc2ccccc2)c1)C1CC1. The Labute approximate surface area is 172 Å². The summed E-state index contributed by atoms with van der Waals surface area (Å²) >= 11 is 0. The van der Waals surface area contributed by atoms with Gasteiger partial charge in [0, 0.05) is 0 Å². The van der Waals surface area contributed by atoms with Crippen LogP contribution in [0.15, 0.2) is 78.9 Å². The van der Waals surface area contributed by atoms with Crippen LogP contribution in [-0.2, 0) is 19.6 Å². The first kappa shape index (κ1) is 19.5. The van der Waals surface area contributed by atoms with Gasteiger partial charge < -0.3 is 14.6 Å². The van der Waals surface area contributed by atoms with E-state index in [1.165, 1.54) is 18.4 Å². The van der Waals surface area contributed by atoms with Gasteiger partial charge in [0.05, 0.1) is 6.10 Å². The summed E-state index contributed by atoms with van der Waals surface area (Å²) in [5.74, 6) is 2.01. The number of benzene rings is 3. The highest BCUT2D eigenvalue weighted by Gasteiger charge is 2.29. The molecule has 0 radical (unpaired) electrons. The standard InChI is InChI=1S/C26H28O3/c27-24(23-13-14-23)15-11-20-12-16-25(28-18-21-7-3-1-4-8-21)26(17-20)29-19-22-9-5-2-6-10-22/h1-10,12,16-17,23-24,27H,11,13-15,18-19H2. The highest BCUT2D eigenvalue weighted by molar-refractivity contribution is 5.43. The van der Waals surface area contributed by atoms with Crippen LogP contribution in [0.2, 0.25) is 0 Å². The molecule has 0 aromatic heterocycles. The van der Waals surface area contributed by atoms with Gasteiger partial charge in [0.15, 0.2) is 11.5 Å². The maximum absolute atomic E-state index is 10.2. The minimum absolute atomic E-state index is 0.183. The fourth-order valence-electron chi connectivity index (χ4n) is 3.44. The predicted octanol–water partition coefficient (Wildman–Crippen LogP) is 5.55. The second-order valence-corrected chi connectivity index (χ2v) is 7.77. The predicted molar refractivity (Wildman–Crippen MR) is 115 cm³/mol. The van der Waals surface area contributed by atoms with Crippen molar-refractivity contribution in [1.82, 2.24) is 0 Å². The van der Waals surface area contributed by atoms with Gasteiger partial charge in [-0.3, -0.25) is 0 Å². The lowest BCUT2D eigenvalue weighted by molar-refractivity contribution is 0.142. The van der Waals surface area contributed by atoms with E-state index in [1.54, 1.807) is 0 Å². The minimum atomic E-state index is -0.183. The normalized spacial score (nSPS) is 14.4. The number of hydrogen-bond donors (Lipinski definition) is 1. The summed E-state index contributed by atoms with van der Waals surface area (Å²) in [6.07, 6.45) is 3.79. The van der Waals surface area contributed by atoms with Gasteiger partial charge in [-0.05, 0) is 60.4 Å². The van der Waals surface area contributed by atoms with Crippen molar-refractivity contribution < 1.29 is 14.6 Å². The smallest absolute Gasteiger partial charge is 0.161 e. The van der Waals surface area contributed by atoms with E-state index in [2.05, 4.69) is 36.4 Å².